The van der Waals surface area contributed by atoms with E-state index in [9.17, 15) is 9.90 Å². The van der Waals surface area contributed by atoms with Crippen LogP contribution in [0.5, 0.6) is 0 Å². The molecule has 24 heavy (non-hydrogen) atoms. The van der Waals surface area contributed by atoms with Gasteiger partial charge in [-0.25, -0.2) is 14.5 Å². The summed E-state index contributed by atoms with van der Waals surface area (Å²) in [5.74, 6) is 0.367. The number of aryl methyl sites for hydroxylation is 1. The summed E-state index contributed by atoms with van der Waals surface area (Å²) in [5, 5.41) is 17.2. The molecule has 0 spiro atoms. The van der Waals surface area contributed by atoms with E-state index in [1.807, 2.05) is 0 Å². The van der Waals surface area contributed by atoms with E-state index in [0.717, 1.165) is 23.1 Å². The highest BCUT2D eigenvalue weighted by molar-refractivity contribution is 7.19. The van der Waals surface area contributed by atoms with Crippen LogP contribution in [0.3, 0.4) is 0 Å². The second-order valence-electron chi connectivity index (χ2n) is 6.54. The van der Waals surface area contributed by atoms with E-state index in [1.165, 1.54) is 16.9 Å². The Morgan fingerprint density at radius 3 is 3.21 bits per heavy atom. The fourth-order valence-electron chi connectivity index (χ4n) is 3.16. The largest absolute Gasteiger partial charge is 0.392 e. The second kappa shape index (κ2) is 5.78. The number of hydrogen-bond donors (Lipinski definition) is 2. The molecule has 3 aromatic heterocycles. The number of aliphatic hydroxyl groups is 1. The molecule has 1 aliphatic rings. The van der Waals surface area contributed by atoms with Crippen LogP contribution in [0.15, 0.2) is 6.33 Å². The minimum absolute atomic E-state index is 0.105. The maximum atomic E-state index is 12.2. The molecule has 8 heteroatoms. The number of thiophene rings is 1. The molecule has 7 nitrogen and oxygen atoms in total. The first kappa shape index (κ1) is 15.5. The lowest BCUT2D eigenvalue weighted by Gasteiger charge is -2.17. The maximum absolute atomic E-state index is 12.2. The Bertz CT molecular complexity index is 929. The first-order chi connectivity index (χ1) is 11.5. The molecule has 0 saturated carbocycles. The normalized spacial score (nSPS) is 18.7. The molecule has 126 valence electrons. The molecule has 0 radical (unpaired) electrons. The molecule has 1 aliphatic carbocycles. The van der Waals surface area contributed by atoms with E-state index in [0.29, 0.717) is 11.6 Å². The van der Waals surface area contributed by atoms with Crippen LogP contribution in [-0.2, 0) is 12.8 Å². The van der Waals surface area contributed by atoms with Gasteiger partial charge in [-0.2, -0.15) is 0 Å². The molecule has 3 heterocycles. The number of nitrogens with zero attached hydrogens (tertiary/aromatic N) is 4. The Morgan fingerprint density at radius 2 is 2.42 bits per heavy atom. The van der Waals surface area contributed by atoms with Gasteiger partial charge in [0, 0.05) is 11.4 Å². The van der Waals surface area contributed by atoms with Crippen molar-refractivity contribution in [3.05, 3.63) is 22.6 Å². The van der Waals surface area contributed by atoms with E-state index in [1.54, 1.807) is 29.1 Å². The maximum Gasteiger partial charge on any atom is 0.291 e. The highest BCUT2D eigenvalue weighted by Crippen LogP contribution is 2.38. The zero-order valence-electron chi connectivity index (χ0n) is 13.6. The van der Waals surface area contributed by atoms with Crippen LogP contribution < -0.4 is 5.32 Å². The third-order valence-electron chi connectivity index (χ3n) is 4.39. The van der Waals surface area contributed by atoms with Gasteiger partial charge in [0.15, 0.2) is 5.65 Å². The van der Waals surface area contributed by atoms with E-state index in [-0.39, 0.29) is 18.3 Å². The Hall–Kier alpha value is -2.06. The molecule has 3 aromatic rings. The Kier molecular flexibility index (Phi) is 3.73. The van der Waals surface area contributed by atoms with E-state index in [2.05, 4.69) is 27.3 Å². The average molecular weight is 345 g/mol. The van der Waals surface area contributed by atoms with Crippen molar-refractivity contribution in [3.8, 4) is 0 Å². The molecule has 0 bridgehead atoms. The fourth-order valence-corrected chi connectivity index (χ4v) is 4.34. The molecular weight excluding hydrogens is 326 g/mol. The monoisotopic (exact) mass is 345 g/mol. The number of fused-ring (bicyclic) bond motifs is 5. The van der Waals surface area contributed by atoms with Gasteiger partial charge in [0.25, 0.3) is 5.91 Å². The van der Waals surface area contributed by atoms with Crippen LogP contribution in [-0.4, -0.2) is 43.2 Å². The first-order valence-corrected chi connectivity index (χ1v) is 8.96. The van der Waals surface area contributed by atoms with E-state index < -0.39 is 6.10 Å². The summed E-state index contributed by atoms with van der Waals surface area (Å²) < 4.78 is 1.58. The van der Waals surface area contributed by atoms with Gasteiger partial charge < -0.3 is 10.4 Å². The molecule has 2 N–H and O–H groups in total. The molecule has 2 atom stereocenters. The Balaban J connectivity index is 1.80. The quantitative estimate of drug-likeness (QED) is 0.752. The molecule has 0 aliphatic heterocycles. The van der Waals surface area contributed by atoms with Crippen molar-refractivity contribution in [2.24, 2.45) is 5.92 Å². The summed E-state index contributed by atoms with van der Waals surface area (Å²) in [6, 6.07) is 0. The lowest BCUT2D eigenvalue weighted by Crippen LogP contribution is -2.31. The van der Waals surface area contributed by atoms with Crippen LogP contribution in [0.2, 0.25) is 0 Å². The topological polar surface area (TPSA) is 92.4 Å². The van der Waals surface area contributed by atoms with Crippen LogP contribution >= 0.6 is 11.3 Å². The van der Waals surface area contributed by atoms with Gasteiger partial charge in [-0.05, 0) is 37.7 Å². The van der Waals surface area contributed by atoms with Crippen LogP contribution in [0, 0.1) is 5.92 Å². The standard InChI is InChI=1S/C16H19N5O2S/c1-8-3-4-11-10(5-8)12-14-19-13(15(23)17-6-9(2)22)20-21(14)7-18-16(12)24-11/h7-9,22H,3-6H2,1-2H3,(H,17,23)/t8-,9+/m1/s1. The lowest BCUT2D eigenvalue weighted by molar-refractivity contribution is 0.0914. The molecule has 0 aromatic carbocycles. The number of carbonyl (C=O) groups is 1. The summed E-state index contributed by atoms with van der Waals surface area (Å²) in [5.41, 5.74) is 2.00. The van der Waals surface area contributed by atoms with Crippen molar-refractivity contribution in [2.45, 2.75) is 39.2 Å². The summed E-state index contributed by atoms with van der Waals surface area (Å²) in [6.45, 7) is 4.05. The number of nitrogens with one attached hydrogen (secondary N) is 1. The average Bonchev–Trinajstić information content (AvgIpc) is 3.12. The highest BCUT2D eigenvalue weighted by atomic mass is 32.1. The van der Waals surface area contributed by atoms with Crippen molar-refractivity contribution >= 4 is 33.1 Å². The third kappa shape index (κ3) is 2.55. The van der Waals surface area contributed by atoms with Crippen LogP contribution in [0.4, 0.5) is 0 Å². The Morgan fingerprint density at radius 1 is 1.58 bits per heavy atom. The number of aromatic nitrogens is 4. The highest BCUT2D eigenvalue weighted by Gasteiger charge is 2.24. The van der Waals surface area contributed by atoms with Gasteiger partial charge in [-0.15, -0.1) is 16.4 Å². The number of rotatable bonds is 3. The molecule has 0 saturated heterocycles. The van der Waals surface area contributed by atoms with Gasteiger partial charge in [-0.1, -0.05) is 6.92 Å². The minimum Gasteiger partial charge on any atom is -0.392 e. The predicted molar refractivity (Wildman–Crippen MR) is 91.4 cm³/mol. The summed E-state index contributed by atoms with van der Waals surface area (Å²) in [7, 11) is 0. The summed E-state index contributed by atoms with van der Waals surface area (Å²) in [6.07, 6.45) is 4.31. The summed E-state index contributed by atoms with van der Waals surface area (Å²) >= 11 is 1.72. The summed E-state index contributed by atoms with van der Waals surface area (Å²) in [4.78, 5) is 23.4. The molecule has 1 amide bonds. The minimum atomic E-state index is -0.607. The van der Waals surface area contributed by atoms with Crippen molar-refractivity contribution in [1.82, 2.24) is 24.9 Å². The van der Waals surface area contributed by atoms with E-state index in [4.69, 9.17) is 0 Å². The van der Waals surface area contributed by atoms with Crippen molar-refractivity contribution in [1.29, 1.82) is 0 Å². The van der Waals surface area contributed by atoms with Crippen molar-refractivity contribution < 1.29 is 9.90 Å². The van der Waals surface area contributed by atoms with Gasteiger partial charge >= 0.3 is 0 Å². The number of aliphatic hydroxyl groups excluding tert-OH is 1. The van der Waals surface area contributed by atoms with Gasteiger partial charge in [0.05, 0.1) is 11.5 Å². The molecular formula is C16H19N5O2S. The number of amides is 1. The molecule has 0 unspecified atom stereocenters. The Labute approximate surface area is 142 Å². The van der Waals surface area contributed by atoms with Gasteiger partial charge in [0.2, 0.25) is 5.82 Å². The molecule has 0 fully saturated rings. The van der Waals surface area contributed by atoms with Crippen LogP contribution in [0.25, 0.3) is 15.9 Å². The van der Waals surface area contributed by atoms with Crippen molar-refractivity contribution in [2.75, 3.05) is 6.54 Å². The third-order valence-corrected chi connectivity index (χ3v) is 5.59. The predicted octanol–water partition coefficient (Wildman–Crippen LogP) is 1.57. The second-order valence-corrected chi connectivity index (χ2v) is 7.62. The van der Waals surface area contributed by atoms with Crippen LogP contribution in [0.1, 0.15) is 41.3 Å². The molecule has 4 rings (SSSR count). The smallest absolute Gasteiger partial charge is 0.291 e. The zero-order valence-corrected chi connectivity index (χ0v) is 14.4. The SMILES string of the molecule is C[C@@H]1CCc2sc3ncn4nc(C(=O)NC[C@H](C)O)nc4c3c2C1. The van der Waals surface area contributed by atoms with Gasteiger partial charge in [-0.3, -0.25) is 4.79 Å². The first-order valence-electron chi connectivity index (χ1n) is 8.15. The fraction of sp³-hybridized carbons (Fsp3) is 0.500. The van der Waals surface area contributed by atoms with Gasteiger partial charge in [0.1, 0.15) is 11.2 Å². The van der Waals surface area contributed by atoms with E-state index >= 15 is 0 Å². The number of hydrogen-bond acceptors (Lipinski definition) is 6. The lowest BCUT2D eigenvalue weighted by atomic mass is 9.89. The van der Waals surface area contributed by atoms with Crippen molar-refractivity contribution in [3.63, 3.8) is 0 Å². The zero-order chi connectivity index (χ0) is 16.8. The number of carbonyl (C=O) groups excluding carboxylic acids is 1.